The molecule has 0 heterocycles. The van der Waals surface area contributed by atoms with Gasteiger partial charge in [0.05, 0.1) is 18.7 Å². The number of nitrogens with zero attached hydrogens (tertiary/aromatic N) is 1. The Bertz CT molecular complexity index is 603. The summed E-state index contributed by atoms with van der Waals surface area (Å²) in [6.45, 7) is 0.106. The number of halogens is 1. The molecule has 2 aromatic carbocycles. The molecule has 0 atom stereocenters. The van der Waals surface area contributed by atoms with E-state index in [0.29, 0.717) is 16.9 Å². The minimum Gasteiger partial charge on any atom is -0.494 e. The Morgan fingerprint density at radius 3 is 2.53 bits per heavy atom. The van der Waals surface area contributed by atoms with Gasteiger partial charge < -0.3 is 9.47 Å². The van der Waals surface area contributed by atoms with Crippen LogP contribution in [0.1, 0.15) is 11.1 Å². The van der Waals surface area contributed by atoms with E-state index in [1.54, 1.807) is 42.5 Å². The van der Waals surface area contributed by atoms with Crippen molar-refractivity contribution in [1.82, 2.24) is 0 Å². The molecule has 0 aliphatic rings. The zero-order valence-corrected chi connectivity index (χ0v) is 10.4. The first-order valence-corrected chi connectivity index (χ1v) is 5.69. The zero-order chi connectivity index (χ0) is 13.7. The minimum absolute atomic E-state index is 0.106. The molecule has 2 aromatic rings. The number of methoxy groups -OCH3 is 1. The first-order chi connectivity index (χ1) is 9.24. The fourth-order valence-electron chi connectivity index (χ4n) is 1.61. The second-order valence-corrected chi connectivity index (χ2v) is 3.86. The van der Waals surface area contributed by atoms with Gasteiger partial charge in [-0.1, -0.05) is 12.1 Å². The van der Waals surface area contributed by atoms with E-state index in [1.807, 2.05) is 6.07 Å². The quantitative estimate of drug-likeness (QED) is 0.844. The molecule has 0 aliphatic heterocycles. The van der Waals surface area contributed by atoms with Crippen LogP contribution in [-0.2, 0) is 6.61 Å². The van der Waals surface area contributed by atoms with Gasteiger partial charge in [0.2, 0.25) is 0 Å². The summed E-state index contributed by atoms with van der Waals surface area (Å²) < 4.78 is 24.2. The average molecular weight is 257 g/mol. The monoisotopic (exact) mass is 257 g/mol. The van der Waals surface area contributed by atoms with Gasteiger partial charge >= 0.3 is 0 Å². The lowest BCUT2D eigenvalue weighted by Crippen LogP contribution is -2.00. The van der Waals surface area contributed by atoms with Crippen LogP contribution in [0.15, 0.2) is 42.5 Å². The van der Waals surface area contributed by atoms with Crippen molar-refractivity contribution < 1.29 is 13.9 Å². The van der Waals surface area contributed by atoms with Gasteiger partial charge in [-0.3, -0.25) is 0 Å². The highest BCUT2D eigenvalue weighted by atomic mass is 19.1. The molecule has 2 rings (SSSR count). The van der Waals surface area contributed by atoms with Crippen molar-refractivity contribution in [2.75, 3.05) is 7.11 Å². The molecule has 0 saturated carbocycles. The molecule has 3 nitrogen and oxygen atoms in total. The van der Waals surface area contributed by atoms with E-state index in [2.05, 4.69) is 0 Å². The van der Waals surface area contributed by atoms with E-state index < -0.39 is 5.82 Å². The Balaban J connectivity index is 2.08. The Morgan fingerprint density at radius 2 is 1.89 bits per heavy atom. The Morgan fingerprint density at radius 1 is 1.16 bits per heavy atom. The number of benzene rings is 2. The van der Waals surface area contributed by atoms with Crippen molar-refractivity contribution in [2.45, 2.75) is 6.61 Å². The standard InChI is InChI=1S/C15H12FNO2/c1-18-14-4-2-3-12(15(14)16)10-19-13-7-5-11(9-17)6-8-13/h2-8H,10H2,1H3. The Kier molecular flexibility index (Phi) is 3.99. The lowest BCUT2D eigenvalue weighted by molar-refractivity contribution is 0.295. The molecular weight excluding hydrogens is 245 g/mol. The molecule has 0 fully saturated rings. The third-order valence-corrected chi connectivity index (χ3v) is 2.64. The van der Waals surface area contributed by atoms with E-state index in [0.717, 1.165) is 0 Å². The number of nitriles is 1. The highest BCUT2D eigenvalue weighted by Crippen LogP contribution is 2.21. The third-order valence-electron chi connectivity index (χ3n) is 2.64. The molecule has 0 N–H and O–H groups in total. The predicted octanol–water partition coefficient (Wildman–Crippen LogP) is 3.28. The van der Waals surface area contributed by atoms with Crippen molar-refractivity contribution >= 4 is 0 Å². The number of rotatable bonds is 4. The van der Waals surface area contributed by atoms with Crippen molar-refractivity contribution in [3.8, 4) is 17.6 Å². The molecule has 19 heavy (non-hydrogen) atoms. The van der Waals surface area contributed by atoms with Crippen LogP contribution in [0.2, 0.25) is 0 Å². The van der Waals surface area contributed by atoms with Crippen molar-refractivity contribution in [1.29, 1.82) is 5.26 Å². The smallest absolute Gasteiger partial charge is 0.171 e. The van der Waals surface area contributed by atoms with Gasteiger partial charge in [0.15, 0.2) is 11.6 Å². The van der Waals surface area contributed by atoms with Crippen molar-refractivity contribution in [3.05, 3.63) is 59.4 Å². The predicted molar refractivity (Wildman–Crippen MR) is 68.4 cm³/mol. The number of hydrogen-bond acceptors (Lipinski definition) is 3. The molecular formula is C15H12FNO2. The van der Waals surface area contributed by atoms with E-state index in [1.165, 1.54) is 7.11 Å². The second-order valence-electron chi connectivity index (χ2n) is 3.86. The first-order valence-electron chi connectivity index (χ1n) is 5.69. The van der Waals surface area contributed by atoms with E-state index in [4.69, 9.17) is 14.7 Å². The molecule has 0 unspecified atom stereocenters. The Labute approximate surface area is 110 Å². The van der Waals surface area contributed by atoms with Gasteiger partial charge in [0, 0.05) is 5.56 Å². The van der Waals surface area contributed by atoms with Crippen LogP contribution < -0.4 is 9.47 Å². The summed E-state index contributed by atoms with van der Waals surface area (Å²) in [4.78, 5) is 0. The zero-order valence-electron chi connectivity index (χ0n) is 10.4. The summed E-state index contributed by atoms with van der Waals surface area (Å²) >= 11 is 0. The SMILES string of the molecule is COc1cccc(COc2ccc(C#N)cc2)c1F. The summed E-state index contributed by atoms with van der Waals surface area (Å²) in [7, 11) is 1.42. The Hall–Kier alpha value is -2.54. The first kappa shape index (κ1) is 12.9. The average Bonchev–Trinajstić information content (AvgIpc) is 2.47. The maximum absolute atomic E-state index is 13.8. The topological polar surface area (TPSA) is 42.2 Å². The maximum atomic E-state index is 13.8. The van der Waals surface area contributed by atoms with Gasteiger partial charge in [0.1, 0.15) is 12.4 Å². The highest BCUT2D eigenvalue weighted by Gasteiger charge is 2.08. The van der Waals surface area contributed by atoms with E-state index >= 15 is 0 Å². The molecule has 0 bridgehead atoms. The largest absolute Gasteiger partial charge is 0.494 e. The lowest BCUT2D eigenvalue weighted by atomic mass is 10.2. The summed E-state index contributed by atoms with van der Waals surface area (Å²) in [6, 6.07) is 13.6. The normalized spacial score (nSPS) is 9.74. The molecule has 0 aromatic heterocycles. The third kappa shape index (κ3) is 3.02. The summed E-state index contributed by atoms with van der Waals surface area (Å²) in [5.74, 6) is 0.362. The van der Waals surface area contributed by atoms with Crippen LogP contribution in [0.5, 0.6) is 11.5 Å². The van der Waals surface area contributed by atoms with Crippen LogP contribution >= 0.6 is 0 Å². The molecule has 4 heteroatoms. The highest BCUT2D eigenvalue weighted by molar-refractivity contribution is 5.35. The molecule has 0 aliphatic carbocycles. The van der Waals surface area contributed by atoms with Crippen molar-refractivity contribution in [2.24, 2.45) is 0 Å². The van der Waals surface area contributed by atoms with Crippen LogP contribution in [0, 0.1) is 17.1 Å². The van der Waals surface area contributed by atoms with Gasteiger partial charge in [0.25, 0.3) is 0 Å². The lowest BCUT2D eigenvalue weighted by Gasteiger charge is -2.09. The molecule has 0 radical (unpaired) electrons. The van der Waals surface area contributed by atoms with Crippen LogP contribution in [0.3, 0.4) is 0 Å². The summed E-state index contributed by atoms with van der Waals surface area (Å²) in [6.07, 6.45) is 0. The van der Waals surface area contributed by atoms with E-state index in [-0.39, 0.29) is 12.4 Å². The van der Waals surface area contributed by atoms with E-state index in [9.17, 15) is 4.39 Å². The maximum Gasteiger partial charge on any atom is 0.171 e. The summed E-state index contributed by atoms with van der Waals surface area (Å²) in [5, 5.41) is 8.68. The van der Waals surface area contributed by atoms with Gasteiger partial charge in [-0.2, -0.15) is 5.26 Å². The van der Waals surface area contributed by atoms with Gasteiger partial charge in [-0.15, -0.1) is 0 Å². The molecule has 0 spiro atoms. The number of ether oxygens (including phenoxy) is 2. The van der Waals surface area contributed by atoms with Crippen molar-refractivity contribution in [3.63, 3.8) is 0 Å². The second kappa shape index (κ2) is 5.87. The van der Waals surface area contributed by atoms with Crippen LogP contribution in [0.25, 0.3) is 0 Å². The minimum atomic E-state index is -0.418. The number of hydrogen-bond donors (Lipinski definition) is 0. The fraction of sp³-hybridized carbons (Fsp3) is 0.133. The van der Waals surface area contributed by atoms with Crippen LogP contribution in [0.4, 0.5) is 4.39 Å². The van der Waals surface area contributed by atoms with Gasteiger partial charge in [-0.05, 0) is 30.3 Å². The summed E-state index contributed by atoms with van der Waals surface area (Å²) in [5.41, 5.74) is 0.976. The fourth-order valence-corrected chi connectivity index (χ4v) is 1.61. The van der Waals surface area contributed by atoms with Crippen LogP contribution in [-0.4, -0.2) is 7.11 Å². The molecule has 0 amide bonds. The molecule has 0 saturated heterocycles. The molecule has 96 valence electrons. The van der Waals surface area contributed by atoms with Gasteiger partial charge in [-0.25, -0.2) is 4.39 Å².